The van der Waals surface area contributed by atoms with Crippen LogP contribution < -0.4 is 0 Å². The summed E-state index contributed by atoms with van der Waals surface area (Å²) < 4.78 is 30.4. The van der Waals surface area contributed by atoms with Gasteiger partial charge in [-0.15, -0.1) is 0 Å². The van der Waals surface area contributed by atoms with Crippen molar-refractivity contribution in [3.8, 4) is 0 Å². The third kappa shape index (κ3) is 2.52. The molecule has 1 aromatic carbocycles. The minimum Gasteiger partial charge on any atom is -0.479 e. The highest BCUT2D eigenvalue weighted by Gasteiger charge is 2.24. The van der Waals surface area contributed by atoms with Gasteiger partial charge in [0.25, 0.3) is 10.1 Å². The Morgan fingerprint density at radius 3 is 2.27 bits per heavy atom. The molecule has 0 spiro atoms. The molecule has 0 aliphatic rings. The van der Waals surface area contributed by atoms with Crippen LogP contribution in [0, 0.1) is 0 Å². The molecule has 1 aromatic rings. The molecule has 6 nitrogen and oxygen atoms in total. The minimum absolute atomic E-state index is 0.368. The number of aliphatic hydroxyl groups is 1. The van der Waals surface area contributed by atoms with E-state index in [9.17, 15) is 13.2 Å². The summed E-state index contributed by atoms with van der Waals surface area (Å²) in [7, 11) is -4.54. The van der Waals surface area contributed by atoms with Gasteiger partial charge in [-0.05, 0) is 6.07 Å². The lowest BCUT2D eigenvalue weighted by molar-refractivity contribution is -0.147. The third-order valence-corrected chi connectivity index (χ3v) is 2.65. The molecule has 0 heterocycles. The molecule has 0 saturated carbocycles. The van der Waals surface area contributed by atoms with Gasteiger partial charge in [-0.2, -0.15) is 8.42 Å². The average molecular weight is 232 g/mol. The zero-order valence-corrected chi connectivity index (χ0v) is 8.18. The number of benzene rings is 1. The lowest BCUT2D eigenvalue weighted by Gasteiger charge is -2.09. The number of hydrogen-bond acceptors (Lipinski definition) is 4. The van der Waals surface area contributed by atoms with E-state index in [0.29, 0.717) is 0 Å². The number of aliphatic hydroxyl groups excluding tert-OH is 1. The summed E-state index contributed by atoms with van der Waals surface area (Å²) in [4.78, 5) is 9.84. The molecule has 0 aliphatic carbocycles. The highest BCUT2D eigenvalue weighted by atomic mass is 32.2. The van der Waals surface area contributed by atoms with Gasteiger partial charge < -0.3 is 10.2 Å². The molecule has 0 aliphatic heterocycles. The van der Waals surface area contributed by atoms with Gasteiger partial charge in [-0.3, -0.25) is 4.55 Å². The van der Waals surface area contributed by atoms with Gasteiger partial charge in [-0.25, -0.2) is 4.79 Å². The molecule has 0 bridgehead atoms. The monoisotopic (exact) mass is 232 g/mol. The van der Waals surface area contributed by atoms with E-state index in [-0.39, 0.29) is 5.56 Å². The molecule has 82 valence electrons. The van der Waals surface area contributed by atoms with E-state index in [1.54, 1.807) is 0 Å². The number of carboxylic acid groups (broad SMARTS) is 1. The molecular formula is C8H8O6S. The summed E-state index contributed by atoms with van der Waals surface area (Å²) in [6.45, 7) is 0. The van der Waals surface area contributed by atoms with Gasteiger partial charge in [0.15, 0.2) is 6.10 Å². The highest BCUT2D eigenvalue weighted by molar-refractivity contribution is 7.85. The second kappa shape index (κ2) is 3.97. The summed E-state index contributed by atoms with van der Waals surface area (Å²) in [6, 6.07) is 4.79. The van der Waals surface area contributed by atoms with E-state index < -0.39 is 27.1 Å². The Bertz CT molecular complexity index is 478. The second-order valence-corrected chi connectivity index (χ2v) is 4.14. The topological polar surface area (TPSA) is 112 Å². The Kier molecular flexibility index (Phi) is 3.08. The van der Waals surface area contributed by atoms with Gasteiger partial charge in [0.05, 0.1) is 0 Å². The van der Waals surface area contributed by atoms with Crippen LogP contribution in [-0.4, -0.2) is 29.2 Å². The Balaban J connectivity index is 3.37. The van der Waals surface area contributed by atoms with E-state index in [0.717, 1.165) is 12.1 Å². The van der Waals surface area contributed by atoms with Crippen molar-refractivity contribution >= 4 is 16.1 Å². The molecule has 1 rings (SSSR count). The Labute approximate surface area is 85.5 Å². The number of carbonyl (C=O) groups is 1. The summed E-state index contributed by atoms with van der Waals surface area (Å²) >= 11 is 0. The van der Waals surface area contributed by atoms with Crippen LogP contribution in [0.1, 0.15) is 11.7 Å². The van der Waals surface area contributed by atoms with Crippen molar-refractivity contribution in [1.29, 1.82) is 0 Å². The lowest BCUT2D eigenvalue weighted by atomic mass is 10.1. The molecule has 0 radical (unpaired) electrons. The first-order valence-electron chi connectivity index (χ1n) is 3.81. The first-order valence-corrected chi connectivity index (χ1v) is 5.25. The zero-order valence-electron chi connectivity index (χ0n) is 7.36. The van der Waals surface area contributed by atoms with Crippen molar-refractivity contribution < 1.29 is 28.0 Å². The van der Waals surface area contributed by atoms with Gasteiger partial charge in [0.1, 0.15) is 4.90 Å². The van der Waals surface area contributed by atoms with Crippen molar-refractivity contribution in [1.82, 2.24) is 0 Å². The van der Waals surface area contributed by atoms with Gasteiger partial charge in [0, 0.05) is 5.56 Å². The largest absolute Gasteiger partial charge is 0.479 e. The summed E-state index contributed by atoms with van der Waals surface area (Å²) in [5.41, 5.74) is -0.368. The molecule has 0 saturated heterocycles. The summed E-state index contributed by atoms with van der Waals surface area (Å²) in [5, 5.41) is 17.7. The third-order valence-electron chi connectivity index (χ3n) is 1.73. The SMILES string of the molecule is O=C(O)[C@@H](O)c1ccccc1S(=O)(=O)O. The molecule has 3 N–H and O–H groups in total. The summed E-state index contributed by atoms with van der Waals surface area (Å²) in [5.74, 6) is -1.59. The van der Waals surface area contributed by atoms with E-state index >= 15 is 0 Å². The maximum Gasteiger partial charge on any atom is 0.337 e. The maximum absolute atomic E-state index is 10.8. The van der Waals surface area contributed by atoms with Crippen molar-refractivity contribution in [3.05, 3.63) is 29.8 Å². The van der Waals surface area contributed by atoms with Crippen molar-refractivity contribution in [2.45, 2.75) is 11.0 Å². The number of hydrogen-bond donors (Lipinski definition) is 3. The molecule has 1 atom stereocenters. The zero-order chi connectivity index (χ0) is 11.6. The molecule has 0 amide bonds. The van der Waals surface area contributed by atoms with E-state index in [4.69, 9.17) is 14.8 Å². The van der Waals surface area contributed by atoms with Crippen LogP contribution in [0.5, 0.6) is 0 Å². The average Bonchev–Trinajstić information content (AvgIpc) is 2.15. The van der Waals surface area contributed by atoms with Crippen LogP contribution in [0.2, 0.25) is 0 Å². The Morgan fingerprint density at radius 2 is 1.80 bits per heavy atom. The van der Waals surface area contributed by atoms with Gasteiger partial charge in [0.2, 0.25) is 0 Å². The molecule has 15 heavy (non-hydrogen) atoms. The fourth-order valence-corrected chi connectivity index (χ4v) is 1.80. The predicted molar refractivity (Wildman–Crippen MR) is 48.9 cm³/mol. The molecule has 0 fully saturated rings. The number of carboxylic acids is 1. The smallest absolute Gasteiger partial charge is 0.337 e. The van der Waals surface area contributed by atoms with Gasteiger partial charge >= 0.3 is 5.97 Å². The van der Waals surface area contributed by atoms with Crippen molar-refractivity contribution in [2.24, 2.45) is 0 Å². The first kappa shape index (κ1) is 11.6. The normalized spacial score (nSPS) is 13.5. The van der Waals surface area contributed by atoms with Crippen LogP contribution in [0.15, 0.2) is 29.2 Å². The Hall–Kier alpha value is -1.44. The fraction of sp³-hybridized carbons (Fsp3) is 0.125. The number of rotatable bonds is 3. The van der Waals surface area contributed by atoms with Crippen LogP contribution in [0.4, 0.5) is 0 Å². The van der Waals surface area contributed by atoms with Crippen LogP contribution in [0.25, 0.3) is 0 Å². The molecule has 7 heteroatoms. The van der Waals surface area contributed by atoms with Crippen LogP contribution in [-0.2, 0) is 14.9 Å². The first-order chi connectivity index (χ1) is 6.84. The van der Waals surface area contributed by atoms with E-state index in [2.05, 4.69) is 0 Å². The quantitative estimate of drug-likeness (QED) is 0.635. The number of aliphatic carboxylic acids is 1. The predicted octanol–water partition coefficient (Wildman–Crippen LogP) is 0.0513. The van der Waals surface area contributed by atoms with E-state index in [1.165, 1.54) is 12.1 Å². The van der Waals surface area contributed by atoms with Crippen LogP contribution >= 0.6 is 0 Å². The second-order valence-electron chi connectivity index (χ2n) is 2.75. The maximum atomic E-state index is 10.8. The molecular weight excluding hydrogens is 224 g/mol. The van der Waals surface area contributed by atoms with Gasteiger partial charge in [-0.1, -0.05) is 18.2 Å². The highest BCUT2D eigenvalue weighted by Crippen LogP contribution is 2.22. The standard InChI is InChI=1S/C8H8O6S/c9-7(8(10)11)5-3-1-2-4-6(5)15(12,13)14/h1-4,7,9H,(H,10,11)(H,12,13,14)/t7-/m0/s1. The Morgan fingerprint density at radius 1 is 1.27 bits per heavy atom. The van der Waals surface area contributed by atoms with Crippen molar-refractivity contribution in [2.75, 3.05) is 0 Å². The van der Waals surface area contributed by atoms with Crippen molar-refractivity contribution in [3.63, 3.8) is 0 Å². The fourth-order valence-electron chi connectivity index (χ4n) is 1.07. The van der Waals surface area contributed by atoms with Crippen LogP contribution in [0.3, 0.4) is 0 Å². The molecule has 0 unspecified atom stereocenters. The minimum atomic E-state index is -4.54. The van der Waals surface area contributed by atoms with E-state index in [1.807, 2.05) is 0 Å². The lowest BCUT2D eigenvalue weighted by Crippen LogP contribution is -2.14. The molecule has 0 aromatic heterocycles. The summed E-state index contributed by atoms with van der Waals surface area (Å²) in [6.07, 6.45) is -1.98.